The van der Waals surface area contributed by atoms with Gasteiger partial charge in [-0.05, 0) is 61.4 Å². The van der Waals surface area contributed by atoms with E-state index in [-0.39, 0.29) is 23.6 Å². The van der Waals surface area contributed by atoms with Crippen LogP contribution in [-0.2, 0) is 4.79 Å². The van der Waals surface area contributed by atoms with Crippen molar-refractivity contribution in [1.82, 2.24) is 20.6 Å². The number of aromatic nitrogens is 2. The Morgan fingerprint density at radius 3 is 2.48 bits per heavy atom. The second kappa shape index (κ2) is 10.4. The lowest BCUT2D eigenvalue weighted by Crippen LogP contribution is -2.34. The molecule has 1 aliphatic carbocycles. The van der Waals surface area contributed by atoms with Crippen LogP contribution in [0.2, 0.25) is 0 Å². The van der Waals surface area contributed by atoms with Crippen LogP contribution in [0.4, 0.5) is 5.95 Å². The van der Waals surface area contributed by atoms with Gasteiger partial charge in [-0.25, -0.2) is 9.97 Å². The number of anilines is 1. The van der Waals surface area contributed by atoms with Gasteiger partial charge in [0.2, 0.25) is 5.95 Å². The molecule has 0 aromatic carbocycles. The molecule has 3 N–H and O–H groups in total. The zero-order valence-corrected chi connectivity index (χ0v) is 19.8. The molecular weight excluding hydrogens is 454 g/mol. The molecular formula is C24H23N5O2S2. The van der Waals surface area contributed by atoms with Crippen LogP contribution in [-0.4, -0.2) is 27.8 Å². The number of amides is 2. The third-order valence-electron chi connectivity index (χ3n) is 4.72. The lowest BCUT2D eigenvalue weighted by Gasteiger charge is -2.19. The number of carbonyl (C=O) groups excluding carboxylic acids is 2. The predicted molar refractivity (Wildman–Crippen MR) is 133 cm³/mol. The highest BCUT2D eigenvalue weighted by atomic mass is 32.1. The summed E-state index contributed by atoms with van der Waals surface area (Å²) in [6.45, 7) is 3.87. The van der Waals surface area contributed by atoms with Crippen LogP contribution in [0.3, 0.4) is 0 Å². The van der Waals surface area contributed by atoms with Gasteiger partial charge < -0.3 is 16.0 Å². The first kappa shape index (κ1) is 22.6. The molecule has 0 radical (unpaired) electrons. The Bertz CT molecular complexity index is 1210. The highest BCUT2D eigenvalue weighted by molar-refractivity contribution is 7.12. The molecule has 0 saturated carbocycles. The minimum absolute atomic E-state index is 0.0199. The number of nitrogens with one attached hydrogen (secondary N) is 3. The van der Waals surface area contributed by atoms with Crippen molar-refractivity contribution in [2.45, 2.75) is 26.3 Å². The van der Waals surface area contributed by atoms with Crippen molar-refractivity contribution in [2.75, 3.05) is 5.32 Å². The van der Waals surface area contributed by atoms with E-state index in [4.69, 9.17) is 0 Å². The second-order valence-electron chi connectivity index (χ2n) is 7.44. The lowest BCUT2D eigenvalue weighted by molar-refractivity contribution is -0.117. The Morgan fingerprint density at radius 2 is 1.85 bits per heavy atom. The number of nitrogens with zero attached hydrogens (tertiary/aromatic N) is 2. The SMILES string of the molecule is Cc1cc(C)nc(NC2C=CC(NC(=O)/C(=C\c3cccs3)NC(=O)c3cccs3)=CC2)n1. The van der Waals surface area contributed by atoms with E-state index in [0.717, 1.165) is 16.3 Å². The van der Waals surface area contributed by atoms with Gasteiger partial charge in [-0.2, -0.15) is 0 Å². The van der Waals surface area contributed by atoms with Crippen molar-refractivity contribution in [3.05, 3.63) is 91.9 Å². The summed E-state index contributed by atoms with van der Waals surface area (Å²) in [5.41, 5.74) is 2.67. The molecule has 3 aromatic rings. The Labute approximate surface area is 200 Å². The Hall–Kier alpha value is -3.56. The van der Waals surface area contributed by atoms with Crippen molar-refractivity contribution in [3.63, 3.8) is 0 Å². The van der Waals surface area contributed by atoms with Crippen molar-refractivity contribution in [1.29, 1.82) is 0 Å². The van der Waals surface area contributed by atoms with Crippen LogP contribution in [0, 0.1) is 13.8 Å². The molecule has 0 spiro atoms. The maximum Gasteiger partial charge on any atom is 0.272 e. The smallest absolute Gasteiger partial charge is 0.272 e. The quantitative estimate of drug-likeness (QED) is 0.438. The fraction of sp³-hybridized carbons (Fsp3) is 0.167. The summed E-state index contributed by atoms with van der Waals surface area (Å²) in [6.07, 6.45) is 8.07. The van der Waals surface area contributed by atoms with E-state index >= 15 is 0 Å². The maximum absolute atomic E-state index is 13.0. The summed E-state index contributed by atoms with van der Waals surface area (Å²) < 4.78 is 0. The maximum atomic E-state index is 13.0. The van der Waals surface area contributed by atoms with Gasteiger partial charge in [0.15, 0.2) is 0 Å². The molecule has 1 unspecified atom stereocenters. The van der Waals surface area contributed by atoms with Gasteiger partial charge in [0.25, 0.3) is 11.8 Å². The molecule has 0 saturated heterocycles. The van der Waals surface area contributed by atoms with Crippen LogP contribution in [0.5, 0.6) is 0 Å². The monoisotopic (exact) mass is 477 g/mol. The molecule has 3 heterocycles. The van der Waals surface area contributed by atoms with Crippen molar-refractivity contribution in [3.8, 4) is 0 Å². The summed E-state index contributed by atoms with van der Waals surface area (Å²) in [5.74, 6) is -0.109. The summed E-state index contributed by atoms with van der Waals surface area (Å²) in [6, 6.07) is 9.25. The third kappa shape index (κ3) is 6.24. The van der Waals surface area contributed by atoms with E-state index in [1.165, 1.54) is 22.7 Å². The van der Waals surface area contributed by atoms with Crippen LogP contribution in [0.1, 0.15) is 32.4 Å². The van der Waals surface area contributed by atoms with Gasteiger partial charge >= 0.3 is 0 Å². The molecule has 0 fully saturated rings. The zero-order valence-electron chi connectivity index (χ0n) is 18.2. The number of carbonyl (C=O) groups is 2. The molecule has 168 valence electrons. The van der Waals surface area contributed by atoms with Crippen LogP contribution < -0.4 is 16.0 Å². The van der Waals surface area contributed by atoms with E-state index < -0.39 is 0 Å². The number of rotatable bonds is 7. The van der Waals surface area contributed by atoms with Crippen molar-refractivity contribution >= 4 is 46.5 Å². The normalized spacial score (nSPS) is 15.6. The molecule has 0 bridgehead atoms. The highest BCUT2D eigenvalue weighted by Gasteiger charge is 2.18. The Kier molecular flexibility index (Phi) is 7.11. The fourth-order valence-electron chi connectivity index (χ4n) is 3.24. The van der Waals surface area contributed by atoms with E-state index in [0.29, 0.717) is 22.9 Å². The summed E-state index contributed by atoms with van der Waals surface area (Å²) in [7, 11) is 0. The molecule has 33 heavy (non-hydrogen) atoms. The molecule has 1 aliphatic rings. The third-order valence-corrected chi connectivity index (χ3v) is 6.41. The largest absolute Gasteiger partial charge is 0.348 e. The molecule has 2 amide bonds. The number of hydrogen-bond acceptors (Lipinski definition) is 7. The van der Waals surface area contributed by atoms with E-state index in [1.807, 2.05) is 61.0 Å². The van der Waals surface area contributed by atoms with E-state index in [2.05, 4.69) is 25.9 Å². The molecule has 9 heteroatoms. The highest BCUT2D eigenvalue weighted by Crippen LogP contribution is 2.17. The van der Waals surface area contributed by atoms with Gasteiger partial charge in [-0.3, -0.25) is 9.59 Å². The molecule has 7 nitrogen and oxygen atoms in total. The Balaban J connectivity index is 1.41. The van der Waals surface area contributed by atoms with Gasteiger partial charge in [0, 0.05) is 22.0 Å². The van der Waals surface area contributed by atoms with Gasteiger partial charge in [0.1, 0.15) is 5.70 Å². The number of thiophene rings is 2. The first-order valence-electron chi connectivity index (χ1n) is 10.3. The predicted octanol–water partition coefficient (Wildman–Crippen LogP) is 4.43. The zero-order chi connectivity index (χ0) is 23.2. The average molecular weight is 478 g/mol. The average Bonchev–Trinajstić information content (AvgIpc) is 3.48. The molecule has 3 aromatic heterocycles. The first-order chi connectivity index (χ1) is 16.0. The Morgan fingerprint density at radius 1 is 1.09 bits per heavy atom. The summed E-state index contributed by atoms with van der Waals surface area (Å²) in [5, 5.41) is 12.7. The van der Waals surface area contributed by atoms with Crippen molar-refractivity contribution in [2.24, 2.45) is 0 Å². The summed E-state index contributed by atoms with van der Waals surface area (Å²) in [4.78, 5) is 35.8. The van der Waals surface area contributed by atoms with Gasteiger partial charge in [-0.15, -0.1) is 22.7 Å². The summed E-state index contributed by atoms with van der Waals surface area (Å²) >= 11 is 2.81. The number of allylic oxidation sites excluding steroid dienone is 1. The van der Waals surface area contributed by atoms with Gasteiger partial charge in [0.05, 0.1) is 10.9 Å². The van der Waals surface area contributed by atoms with Crippen molar-refractivity contribution < 1.29 is 9.59 Å². The second-order valence-corrected chi connectivity index (χ2v) is 9.37. The van der Waals surface area contributed by atoms with Crippen LogP contribution >= 0.6 is 22.7 Å². The topological polar surface area (TPSA) is 96.0 Å². The number of hydrogen-bond donors (Lipinski definition) is 3. The van der Waals surface area contributed by atoms with E-state index in [9.17, 15) is 9.59 Å². The minimum Gasteiger partial charge on any atom is -0.348 e. The van der Waals surface area contributed by atoms with E-state index in [1.54, 1.807) is 18.2 Å². The van der Waals surface area contributed by atoms with Gasteiger partial charge in [-0.1, -0.05) is 24.3 Å². The van der Waals surface area contributed by atoms with Crippen LogP contribution in [0.15, 0.2) is 70.7 Å². The lowest BCUT2D eigenvalue weighted by atomic mass is 10.1. The molecule has 4 rings (SSSR count). The standard InChI is InChI=1S/C24H23N5O2S2/c1-15-13-16(2)26-24(25-15)28-18-9-7-17(8-10-18)27-22(30)20(14-19-5-3-11-32-19)29-23(31)21-6-4-12-33-21/h3-9,11-14,18H,10H2,1-2H3,(H,27,30)(H,29,31)(H,25,26,28)/b20-14+. The number of aryl methyl sites for hydroxylation is 2. The molecule has 1 atom stereocenters. The molecule has 0 aliphatic heterocycles. The minimum atomic E-state index is -0.381. The fourth-order valence-corrected chi connectivity index (χ4v) is 4.52. The van der Waals surface area contributed by atoms with Crippen LogP contribution in [0.25, 0.3) is 6.08 Å². The first-order valence-corrected chi connectivity index (χ1v) is 12.1.